The molecule has 0 bridgehead atoms. The smallest absolute Gasteiger partial charge is 0.339 e. The zero-order valence-corrected chi connectivity index (χ0v) is 17.5. The maximum absolute atomic E-state index is 12.9. The Labute approximate surface area is 171 Å². The van der Waals surface area contributed by atoms with Gasteiger partial charge in [0, 0.05) is 5.56 Å². The van der Waals surface area contributed by atoms with Crippen LogP contribution in [0.1, 0.15) is 16.7 Å². The molecule has 0 unspecified atom stereocenters. The third-order valence-electron chi connectivity index (χ3n) is 5.05. The monoisotopic (exact) mass is 402 g/mol. The number of hydrogen-bond acceptors (Lipinski definition) is 3. The highest BCUT2D eigenvalue weighted by molar-refractivity contribution is 7.87. The second kappa shape index (κ2) is 7.37. The summed E-state index contributed by atoms with van der Waals surface area (Å²) < 4.78 is 31.5. The van der Waals surface area contributed by atoms with Crippen LogP contribution in [-0.4, -0.2) is 8.42 Å². The fourth-order valence-electron chi connectivity index (χ4n) is 3.52. The summed E-state index contributed by atoms with van der Waals surface area (Å²) in [6, 6.07) is 24.5. The predicted octanol–water partition coefficient (Wildman–Crippen LogP) is 6.20. The summed E-state index contributed by atoms with van der Waals surface area (Å²) in [6.07, 6.45) is 0. The maximum atomic E-state index is 12.9. The number of aryl methyl sites for hydroxylation is 3. The number of rotatable bonds is 4. The molecule has 0 heterocycles. The quantitative estimate of drug-likeness (QED) is 0.382. The first-order chi connectivity index (χ1) is 13.8. The van der Waals surface area contributed by atoms with Gasteiger partial charge in [0.2, 0.25) is 0 Å². The van der Waals surface area contributed by atoms with E-state index in [0.29, 0.717) is 5.75 Å². The van der Waals surface area contributed by atoms with Crippen LogP contribution in [0.5, 0.6) is 5.75 Å². The first kappa shape index (κ1) is 19.2. The van der Waals surface area contributed by atoms with Crippen LogP contribution in [0.4, 0.5) is 0 Å². The average Bonchev–Trinajstić information content (AvgIpc) is 2.70. The van der Waals surface area contributed by atoms with E-state index in [-0.39, 0.29) is 4.90 Å². The van der Waals surface area contributed by atoms with Gasteiger partial charge >= 0.3 is 10.1 Å². The molecule has 0 saturated heterocycles. The zero-order chi connectivity index (χ0) is 20.6. The Morgan fingerprint density at radius 3 is 2.17 bits per heavy atom. The van der Waals surface area contributed by atoms with Gasteiger partial charge in [0.25, 0.3) is 0 Å². The van der Waals surface area contributed by atoms with Crippen LogP contribution < -0.4 is 4.18 Å². The molecule has 0 amide bonds. The van der Waals surface area contributed by atoms with Gasteiger partial charge in [-0.3, -0.25) is 0 Å². The van der Waals surface area contributed by atoms with Crippen molar-refractivity contribution in [2.75, 3.05) is 0 Å². The highest BCUT2D eigenvalue weighted by Crippen LogP contribution is 2.39. The fourth-order valence-corrected chi connectivity index (χ4v) is 4.47. The van der Waals surface area contributed by atoms with Gasteiger partial charge in [-0.1, -0.05) is 65.7 Å². The Balaban J connectivity index is 1.89. The molecule has 0 atom stereocenters. The molecule has 4 heteroatoms. The van der Waals surface area contributed by atoms with E-state index in [2.05, 4.69) is 24.3 Å². The second-order valence-corrected chi connectivity index (χ2v) is 8.88. The first-order valence-corrected chi connectivity index (χ1v) is 10.9. The molecular weight excluding hydrogens is 380 g/mol. The van der Waals surface area contributed by atoms with Gasteiger partial charge < -0.3 is 4.18 Å². The van der Waals surface area contributed by atoms with Gasteiger partial charge in [-0.2, -0.15) is 8.42 Å². The summed E-state index contributed by atoms with van der Waals surface area (Å²) in [6.45, 7) is 5.93. The van der Waals surface area contributed by atoms with E-state index in [1.807, 2.05) is 45.0 Å². The van der Waals surface area contributed by atoms with Crippen molar-refractivity contribution in [2.24, 2.45) is 0 Å². The summed E-state index contributed by atoms with van der Waals surface area (Å²) in [4.78, 5) is 0.143. The van der Waals surface area contributed by atoms with E-state index in [1.54, 1.807) is 30.3 Å². The molecule has 0 aromatic heterocycles. The first-order valence-electron chi connectivity index (χ1n) is 9.46. The molecule has 146 valence electrons. The molecule has 29 heavy (non-hydrogen) atoms. The largest absolute Gasteiger partial charge is 0.378 e. The average molecular weight is 403 g/mol. The third-order valence-corrected chi connectivity index (χ3v) is 6.30. The van der Waals surface area contributed by atoms with Gasteiger partial charge in [0.15, 0.2) is 5.75 Å². The van der Waals surface area contributed by atoms with Crippen LogP contribution >= 0.6 is 0 Å². The zero-order valence-electron chi connectivity index (χ0n) is 16.6. The lowest BCUT2D eigenvalue weighted by atomic mass is 9.92. The van der Waals surface area contributed by atoms with Crippen molar-refractivity contribution < 1.29 is 12.6 Å². The van der Waals surface area contributed by atoms with Crippen molar-refractivity contribution >= 4 is 20.9 Å². The van der Waals surface area contributed by atoms with Gasteiger partial charge in [-0.05, 0) is 66.9 Å². The van der Waals surface area contributed by atoms with Crippen molar-refractivity contribution in [3.8, 4) is 16.9 Å². The van der Waals surface area contributed by atoms with Crippen LogP contribution in [0.3, 0.4) is 0 Å². The lowest BCUT2D eigenvalue weighted by Crippen LogP contribution is -2.10. The lowest BCUT2D eigenvalue weighted by Gasteiger charge is -2.16. The number of hydrogen-bond donors (Lipinski definition) is 0. The molecule has 0 fully saturated rings. The molecule has 3 nitrogen and oxygen atoms in total. The van der Waals surface area contributed by atoms with Crippen LogP contribution in [0.2, 0.25) is 0 Å². The molecule has 0 N–H and O–H groups in total. The number of benzene rings is 4. The predicted molar refractivity (Wildman–Crippen MR) is 118 cm³/mol. The van der Waals surface area contributed by atoms with E-state index < -0.39 is 10.1 Å². The normalized spacial score (nSPS) is 11.6. The topological polar surface area (TPSA) is 43.4 Å². The summed E-state index contributed by atoms with van der Waals surface area (Å²) >= 11 is 0. The summed E-state index contributed by atoms with van der Waals surface area (Å²) in [7, 11) is -3.94. The van der Waals surface area contributed by atoms with Crippen molar-refractivity contribution in [3.05, 3.63) is 95.6 Å². The summed E-state index contributed by atoms with van der Waals surface area (Å²) in [5, 5.41) is 2.16. The standard InChI is InChI=1S/C25H22O3S/c1-17-8-13-21(14-9-17)29(26,27)28-24-15-10-18(2)16-23(24)25-19(3)11-12-20-6-4-5-7-22(20)25/h4-16H,1-3H3. The minimum absolute atomic E-state index is 0.143. The maximum Gasteiger partial charge on any atom is 0.339 e. The van der Waals surface area contributed by atoms with Crippen LogP contribution in [0.15, 0.2) is 83.8 Å². The molecule has 0 radical (unpaired) electrons. The molecule has 0 aliphatic rings. The van der Waals surface area contributed by atoms with Crippen molar-refractivity contribution in [1.29, 1.82) is 0 Å². The molecule has 0 saturated carbocycles. The Morgan fingerprint density at radius 1 is 0.724 bits per heavy atom. The van der Waals surface area contributed by atoms with Gasteiger partial charge in [0.05, 0.1) is 0 Å². The molecule has 4 aromatic rings. The molecular formula is C25H22O3S. The molecule has 0 spiro atoms. The Morgan fingerprint density at radius 2 is 1.41 bits per heavy atom. The van der Waals surface area contributed by atoms with Gasteiger partial charge in [0.1, 0.15) is 4.90 Å². The lowest BCUT2D eigenvalue weighted by molar-refractivity contribution is 0.487. The van der Waals surface area contributed by atoms with Gasteiger partial charge in [-0.15, -0.1) is 0 Å². The van der Waals surface area contributed by atoms with E-state index in [0.717, 1.165) is 38.6 Å². The van der Waals surface area contributed by atoms with Crippen LogP contribution in [0.25, 0.3) is 21.9 Å². The van der Waals surface area contributed by atoms with E-state index in [9.17, 15) is 8.42 Å². The highest BCUT2D eigenvalue weighted by Gasteiger charge is 2.20. The fraction of sp³-hybridized carbons (Fsp3) is 0.120. The highest BCUT2D eigenvalue weighted by atomic mass is 32.2. The molecule has 4 rings (SSSR count). The van der Waals surface area contributed by atoms with Crippen LogP contribution in [-0.2, 0) is 10.1 Å². The minimum atomic E-state index is -3.94. The van der Waals surface area contributed by atoms with Crippen molar-refractivity contribution in [2.45, 2.75) is 25.7 Å². The molecule has 4 aromatic carbocycles. The van der Waals surface area contributed by atoms with E-state index in [1.165, 1.54) is 0 Å². The molecule has 0 aliphatic heterocycles. The van der Waals surface area contributed by atoms with E-state index in [4.69, 9.17) is 4.18 Å². The Bertz CT molecular complexity index is 1300. The minimum Gasteiger partial charge on any atom is -0.378 e. The third kappa shape index (κ3) is 3.76. The SMILES string of the molecule is Cc1ccc(S(=O)(=O)Oc2ccc(C)cc2-c2c(C)ccc3ccccc23)cc1. The van der Waals surface area contributed by atoms with Crippen molar-refractivity contribution in [1.82, 2.24) is 0 Å². The van der Waals surface area contributed by atoms with Gasteiger partial charge in [-0.25, -0.2) is 0 Å². The summed E-state index contributed by atoms with van der Waals surface area (Å²) in [5.74, 6) is 0.329. The molecule has 0 aliphatic carbocycles. The van der Waals surface area contributed by atoms with E-state index >= 15 is 0 Å². The van der Waals surface area contributed by atoms with Crippen molar-refractivity contribution in [3.63, 3.8) is 0 Å². The number of fused-ring (bicyclic) bond motifs is 1. The second-order valence-electron chi connectivity index (χ2n) is 7.33. The Hall–Kier alpha value is -3.11. The van der Waals surface area contributed by atoms with Crippen LogP contribution in [0, 0.1) is 20.8 Å². The Kier molecular flexibility index (Phi) is 4.89. The summed E-state index contributed by atoms with van der Waals surface area (Å²) in [5.41, 5.74) is 4.85.